The van der Waals surface area contributed by atoms with E-state index in [2.05, 4.69) is 109 Å². The van der Waals surface area contributed by atoms with Crippen molar-refractivity contribution in [3.63, 3.8) is 0 Å². The fourth-order valence-corrected chi connectivity index (χ4v) is 3.04. The van der Waals surface area contributed by atoms with E-state index in [1.165, 1.54) is 33.4 Å². The van der Waals surface area contributed by atoms with Crippen LogP contribution >= 0.6 is 0 Å². The fourth-order valence-electron chi connectivity index (χ4n) is 3.04. The third kappa shape index (κ3) is 3.00. The Morgan fingerprint density at radius 1 is 0.500 bits per heavy atom. The van der Waals surface area contributed by atoms with Crippen LogP contribution in [0, 0.1) is 0 Å². The summed E-state index contributed by atoms with van der Waals surface area (Å²) in [4.78, 5) is 0. The van der Waals surface area contributed by atoms with Crippen LogP contribution in [0.5, 0.6) is 0 Å². The fraction of sp³-hybridized carbons (Fsp3) is 0. The Kier molecular flexibility index (Phi) is 3.95. The van der Waals surface area contributed by atoms with Crippen molar-refractivity contribution in [2.75, 3.05) is 0 Å². The van der Waals surface area contributed by atoms with E-state index in [1.807, 2.05) is 0 Å². The maximum Gasteiger partial charge on any atom is -0.0105 e. The molecule has 0 aromatic heterocycles. The van der Waals surface area contributed by atoms with E-state index >= 15 is 0 Å². The van der Waals surface area contributed by atoms with Gasteiger partial charge in [-0.05, 0) is 51.6 Å². The van der Waals surface area contributed by atoms with E-state index < -0.39 is 0 Å². The average molecular weight is 306 g/mol. The number of hydrogen-bond donors (Lipinski definition) is 0. The van der Waals surface area contributed by atoms with Crippen molar-refractivity contribution in [2.45, 2.75) is 0 Å². The summed E-state index contributed by atoms with van der Waals surface area (Å²) in [6.07, 6.45) is 6.83. The summed E-state index contributed by atoms with van der Waals surface area (Å²) < 4.78 is 0. The highest BCUT2D eigenvalue weighted by atomic mass is 14.2. The Bertz CT molecular complexity index is 912. The van der Waals surface area contributed by atoms with Crippen LogP contribution < -0.4 is 0 Å². The summed E-state index contributed by atoms with van der Waals surface area (Å²) in [5.41, 5.74) is 7.52. The number of benzene rings is 3. The van der Waals surface area contributed by atoms with E-state index in [0.717, 1.165) is 0 Å². The first-order valence-electron chi connectivity index (χ1n) is 8.21. The van der Waals surface area contributed by atoms with E-state index in [4.69, 9.17) is 0 Å². The zero-order valence-corrected chi connectivity index (χ0v) is 13.4. The quantitative estimate of drug-likeness (QED) is 0.536. The maximum atomic E-state index is 2.29. The van der Waals surface area contributed by atoms with Gasteiger partial charge in [-0.1, -0.05) is 91.0 Å². The van der Waals surface area contributed by atoms with Crippen molar-refractivity contribution in [2.24, 2.45) is 0 Å². The van der Waals surface area contributed by atoms with Crippen molar-refractivity contribution < 1.29 is 0 Å². The van der Waals surface area contributed by atoms with E-state index in [9.17, 15) is 0 Å². The van der Waals surface area contributed by atoms with Crippen molar-refractivity contribution >= 4 is 17.2 Å². The summed E-state index contributed by atoms with van der Waals surface area (Å²) in [6, 6.07) is 31.6. The molecule has 4 rings (SSSR count). The van der Waals surface area contributed by atoms with E-state index in [1.54, 1.807) is 0 Å². The first kappa shape index (κ1) is 14.5. The second kappa shape index (κ2) is 6.55. The molecular formula is C24H18. The van der Waals surface area contributed by atoms with Crippen LogP contribution in [0.4, 0.5) is 0 Å². The van der Waals surface area contributed by atoms with Gasteiger partial charge in [-0.3, -0.25) is 0 Å². The Hall–Kier alpha value is -3.12. The topological polar surface area (TPSA) is 0 Å². The molecule has 0 aliphatic heterocycles. The molecule has 0 spiro atoms. The first-order valence-corrected chi connectivity index (χ1v) is 8.21. The molecular weight excluding hydrogens is 288 g/mol. The van der Waals surface area contributed by atoms with Crippen LogP contribution in [0.25, 0.3) is 17.2 Å². The highest BCUT2D eigenvalue weighted by Gasteiger charge is 2.15. The van der Waals surface area contributed by atoms with Gasteiger partial charge >= 0.3 is 0 Å². The van der Waals surface area contributed by atoms with Crippen molar-refractivity contribution in [3.05, 3.63) is 125 Å². The molecule has 0 fully saturated rings. The zero-order chi connectivity index (χ0) is 16.2. The largest absolute Gasteiger partial charge is 0.0622 e. The predicted molar refractivity (Wildman–Crippen MR) is 103 cm³/mol. The molecule has 0 bridgehead atoms. The van der Waals surface area contributed by atoms with Crippen molar-refractivity contribution in [1.82, 2.24) is 0 Å². The molecule has 0 N–H and O–H groups in total. The van der Waals surface area contributed by atoms with Gasteiger partial charge in [-0.15, -0.1) is 0 Å². The van der Waals surface area contributed by atoms with Crippen LogP contribution in [-0.2, 0) is 0 Å². The van der Waals surface area contributed by atoms with Crippen LogP contribution in [0.1, 0.15) is 16.7 Å². The SMILES string of the molecule is C(=C1C=C(c2ccccc2)C=C1c1ccccc1)c1ccccc1. The number of allylic oxidation sites excluding steroid dienone is 5. The standard InChI is InChI=1S/C24H18/c1-4-10-19(11-5-1)16-23-17-22(20-12-6-2-7-13-20)18-24(23)21-14-8-3-9-15-21/h1-18H. The normalized spacial score (nSPS) is 15.2. The average Bonchev–Trinajstić information content (AvgIpc) is 3.08. The van der Waals surface area contributed by atoms with Gasteiger partial charge in [0.1, 0.15) is 0 Å². The van der Waals surface area contributed by atoms with Gasteiger partial charge in [-0.25, -0.2) is 0 Å². The summed E-state index contributed by atoms with van der Waals surface area (Å²) in [5, 5.41) is 0. The van der Waals surface area contributed by atoms with Crippen LogP contribution in [0.3, 0.4) is 0 Å². The third-order valence-corrected chi connectivity index (χ3v) is 4.24. The summed E-state index contributed by atoms with van der Waals surface area (Å²) in [5.74, 6) is 0. The van der Waals surface area contributed by atoms with Gasteiger partial charge < -0.3 is 0 Å². The Morgan fingerprint density at radius 3 is 1.67 bits per heavy atom. The second-order valence-electron chi connectivity index (χ2n) is 5.90. The predicted octanol–water partition coefficient (Wildman–Crippen LogP) is 6.25. The van der Waals surface area contributed by atoms with Gasteiger partial charge in [0.25, 0.3) is 0 Å². The Morgan fingerprint density at radius 2 is 1.04 bits per heavy atom. The smallest absolute Gasteiger partial charge is 0.0105 e. The molecule has 0 unspecified atom stereocenters. The van der Waals surface area contributed by atoms with Crippen LogP contribution in [-0.4, -0.2) is 0 Å². The lowest BCUT2D eigenvalue weighted by molar-refractivity contribution is 1.60. The van der Waals surface area contributed by atoms with Crippen LogP contribution in [0.15, 0.2) is 109 Å². The highest BCUT2D eigenvalue weighted by Crippen LogP contribution is 2.37. The molecule has 114 valence electrons. The van der Waals surface area contributed by atoms with E-state index in [0.29, 0.717) is 0 Å². The molecule has 0 saturated carbocycles. The lowest BCUT2D eigenvalue weighted by atomic mass is 9.99. The molecule has 0 heteroatoms. The monoisotopic (exact) mass is 306 g/mol. The second-order valence-corrected chi connectivity index (χ2v) is 5.90. The zero-order valence-electron chi connectivity index (χ0n) is 13.4. The first-order chi connectivity index (χ1) is 11.9. The molecule has 0 heterocycles. The molecule has 0 nitrogen and oxygen atoms in total. The lowest BCUT2D eigenvalue weighted by Gasteiger charge is -2.05. The Labute approximate surface area is 143 Å². The molecule has 3 aromatic carbocycles. The minimum atomic E-state index is 1.22. The minimum absolute atomic E-state index is 1.22. The molecule has 1 aliphatic carbocycles. The van der Waals surface area contributed by atoms with Gasteiger partial charge in [0, 0.05) is 0 Å². The molecule has 0 radical (unpaired) electrons. The van der Waals surface area contributed by atoms with Gasteiger partial charge in [-0.2, -0.15) is 0 Å². The van der Waals surface area contributed by atoms with Gasteiger partial charge in [0.05, 0.1) is 0 Å². The summed E-state index contributed by atoms with van der Waals surface area (Å²) >= 11 is 0. The molecule has 0 saturated heterocycles. The molecule has 0 atom stereocenters. The van der Waals surface area contributed by atoms with Gasteiger partial charge in [0.15, 0.2) is 0 Å². The maximum absolute atomic E-state index is 2.29. The van der Waals surface area contributed by atoms with E-state index in [-0.39, 0.29) is 0 Å². The van der Waals surface area contributed by atoms with Gasteiger partial charge in [0.2, 0.25) is 0 Å². The summed E-state index contributed by atoms with van der Waals surface area (Å²) in [6.45, 7) is 0. The molecule has 1 aliphatic rings. The van der Waals surface area contributed by atoms with Crippen LogP contribution in [0.2, 0.25) is 0 Å². The summed E-state index contributed by atoms with van der Waals surface area (Å²) in [7, 11) is 0. The van der Waals surface area contributed by atoms with Crippen molar-refractivity contribution in [3.8, 4) is 0 Å². The van der Waals surface area contributed by atoms with Crippen molar-refractivity contribution in [1.29, 1.82) is 0 Å². The molecule has 3 aromatic rings. The molecule has 0 amide bonds. The third-order valence-electron chi connectivity index (χ3n) is 4.24. The Balaban J connectivity index is 1.82. The lowest BCUT2D eigenvalue weighted by Crippen LogP contribution is -1.84. The number of rotatable bonds is 3. The highest BCUT2D eigenvalue weighted by molar-refractivity contribution is 6.02. The minimum Gasteiger partial charge on any atom is -0.0622 e. The number of hydrogen-bond acceptors (Lipinski definition) is 0. The molecule has 24 heavy (non-hydrogen) atoms.